The first-order valence-electron chi connectivity index (χ1n) is 13.8. The van der Waals surface area contributed by atoms with Crippen molar-refractivity contribution in [3.63, 3.8) is 0 Å². The summed E-state index contributed by atoms with van der Waals surface area (Å²) in [7, 11) is 0. The highest BCUT2D eigenvalue weighted by molar-refractivity contribution is 5.43. The van der Waals surface area contributed by atoms with Gasteiger partial charge in [-0.25, -0.2) is 8.78 Å². The maximum atomic E-state index is 15.7. The minimum atomic E-state index is -6.09. The lowest BCUT2D eigenvalue weighted by Gasteiger charge is -2.36. The van der Waals surface area contributed by atoms with E-state index in [0.717, 1.165) is 24.3 Å². The Morgan fingerprint density at radius 1 is 0.362 bits per heavy atom. The van der Waals surface area contributed by atoms with E-state index in [2.05, 4.69) is 0 Å². The minimum absolute atomic E-state index is 0.204. The summed E-state index contributed by atoms with van der Waals surface area (Å²) in [5, 5.41) is 0. The van der Waals surface area contributed by atoms with Crippen LogP contribution in [0.5, 0.6) is 11.5 Å². The second-order valence-electron chi connectivity index (χ2n) is 11.2. The van der Waals surface area contributed by atoms with Gasteiger partial charge in [0.25, 0.3) is 11.3 Å². The molecule has 0 heterocycles. The Bertz CT molecular complexity index is 1610. The normalized spacial score (nSPS) is 15.6. The molecule has 0 aliphatic heterocycles. The molecule has 2 unspecified atom stereocenters. The smallest absolute Gasteiger partial charge is 0.433 e. The summed E-state index contributed by atoms with van der Waals surface area (Å²) in [6.07, 6.45) is -12.2. The average molecular weight is 679 g/mol. The highest BCUT2D eigenvalue weighted by Crippen LogP contribution is 2.58. The molecule has 0 spiro atoms. The van der Waals surface area contributed by atoms with E-state index in [1.54, 1.807) is 0 Å². The van der Waals surface area contributed by atoms with Crippen LogP contribution in [0.2, 0.25) is 0 Å². The molecule has 0 saturated heterocycles. The number of ether oxygens (including phenoxy) is 1. The molecule has 13 heteroatoms. The van der Waals surface area contributed by atoms with Crippen LogP contribution in [0.15, 0.2) is 84.9 Å². The van der Waals surface area contributed by atoms with Gasteiger partial charge in [-0.3, -0.25) is 0 Å². The number of alkyl halides is 12. The first-order valence-corrected chi connectivity index (χ1v) is 13.8. The Hall–Kier alpha value is -4.16. The van der Waals surface area contributed by atoms with Gasteiger partial charge in [-0.15, -0.1) is 0 Å². The monoisotopic (exact) mass is 678 g/mol. The highest BCUT2D eigenvalue weighted by atomic mass is 19.4. The molecule has 0 amide bonds. The van der Waals surface area contributed by atoms with Crippen LogP contribution in [-0.4, -0.2) is 12.4 Å². The number of benzene rings is 4. The molecule has 4 rings (SSSR count). The third kappa shape index (κ3) is 5.93. The molecule has 0 bridgehead atoms. The van der Waals surface area contributed by atoms with Crippen molar-refractivity contribution in [3.8, 4) is 11.5 Å². The van der Waals surface area contributed by atoms with E-state index in [1.165, 1.54) is 27.7 Å². The zero-order valence-electron chi connectivity index (χ0n) is 25.0. The highest BCUT2D eigenvalue weighted by Gasteiger charge is 2.73. The van der Waals surface area contributed by atoms with Gasteiger partial charge in [-0.05, 0) is 86.3 Å². The summed E-state index contributed by atoms with van der Waals surface area (Å²) in [6.45, 7) is 5.80. The number of hydrogen-bond donors (Lipinski definition) is 0. The predicted molar refractivity (Wildman–Crippen MR) is 150 cm³/mol. The van der Waals surface area contributed by atoms with Crippen LogP contribution < -0.4 is 4.74 Å². The van der Waals surface area contributed by atoms with E-state index in [4.69, 9.17) is 4.74 Å². The largest absolute Gasteiger partial charge is 0.457 e. The van der Waals surface area contributed by atoms with E-state index in [-0.39, 0.29) is 22.6 Å². The molecular formula is C34H26F12O. The van der Waals surface area contributed by atoms with Crippen molar-refractivity contribution in [2.75, 3.05) is 0 Å². The van der Waals surface area contributed by atoms with Crippen molar-refractivity contribution in [2.45, 2.75) is 63.2 Å². The van der Waals surface area contributed by atoms with Gasteiger partial charge in [0.15, 0.2) is 0 Å². The van der Waals surface area contributed by atoms with Crippen molar-refractivity contribution < 1.29 is 57.4 Å². The van der Waals surface area contributed by atoms with Crippen LogP contribution in [0.3, 0.4) is 0 Å². The third-order valence-electron chi connectivity index (χ3n) is 8.13. The zero-order valence-corrected chi connectivity index (χ0v) is 25.0. The molecule has 0 aliphatic carbocycles. The molecule has 4 aromatic rings. The molecule has 252 valence electrons. The van der Waals surface area contributed by atoms with Gasteiger partial charge in [0, 0.05) is 22.3 Å². The fourth-order valence-electron chi connectivity index (χ4n) is 4.96. The van der Waals surface area contributed by atoms with E-state index in [0.29, 0.717) is 71.8 Å². The lowest BCUT2D eigenvalue weighted by molar-refractivity contribution is -0.315. The molecule has 0 saturated carbocycles. The Labute approximate surface area is 261 Å². The van der Waals surface area contributed by atoms with Gasteiger partial charge in [-0.2, -0.15) is 43.9 Å². The Kier molecular flexibility index (Phi) is 8.97. The average Bonchev–Trinajstić information content (AvgIpc) is 2.98. The van der Waals surface area contributed by atoms with Gasteiger partial charge >= 0.3 is 24.2 Å². The predicted octanol–water partition coefficient (Wildman–Crippen LogP) is 11.8. The summed E-state index contributed by atoms with van der Waals surface area (Å²) in [6, 6.07) is 9.50. The molecule has 0 radical (unpaired) electrons. The van der Waals surface area contributed by atoms with Gasteiger partial charge in [-0.1, -0.05) is 48.5 Å². The first-order chi connectivity index (χ1) is 21.5. The second-order valence-corrected chi connectivity index (χ2v) is 11.2. The Morgan fingerprint density at radius 3 is 0.894 bits per heavy atom. The van der Waals surface area contributed by atoms with E-state index < -0.39 is 57.8 Å². The molecule has 0 aromatic heterocycles. The fourth-order valence-corrected chi connectivity index (χ4v) is 4.96. The number of halogens is 12. The van der Waals surface area contributed by atoms with Crippen molar-refractivity contribution in [1.82, 2.24) is 0 Å². The van der Waals surface area contributed by atoms with E-state index >= 15 is 26.3 Å². The lowest BCUT2D eigenvalue weighted by atomic mass is 9.83. The van der Waals surface area contributed by atoms with Gasteiger partial charge in [0.1, 0.15) is 11.5 Å². The SMILES string of the molecule is Cc1ccc(C(F)(F)C(F)(c2ccc(Oc3ccc(C(F)(C(F)(F)F)C(F)(F)c4ccc(C)c(C)c4)cc3)cc2)C(F)(F)F)cc1C. The van der Waals surface area contributed by atoms with Gasteiger partial charge in [0.2, 0.25) is 0 Å². The molecule has 0 aliphatic rings. The maximum absolute atomic E-state index is 15.7. The van der Waals surface area contributed by atoms with Crippen LogP contribution in [0, 0.1) is 27.7 Å². The zero-order chi connectivity index (χ0) is 35.4. The van der Waals surface area contributed by atoms with Crippen molar-refractivity contribution in [1.29, 1.82) is 0 Å². The summed E-state index contributed by atoms with van der Waals surface area (Å²) >= 11 is 0. The summed E-state index contributed by atoms with van der Waals surface area (Å²) < 4.78 is 182. The number of aryl methyl sites for hydroxylation is 4. The van der Waals surface area contributed by atoms with Crippen molar-refractivity contribution in [3.05, 3.63) is 129 Å². The second kappa shape index (κ2) is 11.8. The summed E-state index contributed by atoms with van der Waals surface area (Å²) in [5.74, 6) is -10.9. The van der Waals surface area contributed by atoms with E-state index in [9.17, 15) is 26.3 Å². The van der Waals surface area contributed by atoms with Gasteiger partial charge in [0.05, 0.1) is 0 Å². The van der Waals surface area contributed by atoms with Crippen LogP contribution in [0.4, 0.5) is 52.7 Å². The van der Waals surface area contributed by atoms with Crippen LogP contribution >= 0.6 is 0 Å². The molecule has 47 heavy (non-hydrogen) atoms. The molecular weight excluding hydrogens is 652 g/mol. The molecule has 0 N–H and O–H groups in total. The fraction of sp³-hybridized carbons (Fsp3) is 0.294. The topological polar surface area (TPSA) is 9.23 Å². The molecule has 0 fully saturated rings. The van der Waals surface area contributed by atoms with Crippen LogP contribution in [0.1, 0.15) is 44.5 Å². The number of rotatable bonds is 8. The lowest BCUT2D eigenvalue weighted by Crippen LogP contribution is -2.51. The van der Waals surface area contributed by atoms with Gasteiger partial charge < -0.3 is 4.74 Å². The third-order valence-corrected chi connectivity index (χ3v) is 8.13. The molecule has 1 nitrogen and oxygen atoms in total. The van der Waals surface area contributed by atoms with E-state index in [1.807, 2.05) is 0 Å². The molecule has 2 atom stereocenters. The quantitative estimate of drug-likeness (QED) is 0.169. The first kappa shape index (κ1) is 35.7. The Morgan fingerprint density at radius 2 is 0.638 bits per heavy atom. The Balaban J connectivity index is 1.66. The minimum Gasteiger partial charge on any atom is -0.457 e. The standard InChI is InChI=1S/C34H26F12O/c1-19-5-7-25(17-21(19)3)31(37,38)29(35,33(41,42)43)23-9-13-27(14-10-23)47-28-15-11-24(12-16-28)30(36,34(44,45)46)32(39,40)26-8-6-20(2)22(4)18-26/h5-18H,1-4H3. The van der Waals surface area contributed by atoms with Crippen LogP contribution in [0.25, 0.3) is 0 Å². The molecule has 4 aromatic carbocycles. The van der Waals surface area contributed by atoms with Crippen LogP contribution in [-0.2, 0) is 23.2 Å². The van der Waals surface area contributed by atoms with Crippen molar-refractivity contribution >= 4 is 0 Å². The van der Waals surface area contributed by atoms with Crippen molar-refractivity contribution in [2.24, 2.45) is 0 Å². The number of hydrogen-bond acceptors (Lipinski definition) is 1. The maximum Gasteiger partial charge on any atom is 0.433 e. The summed E-state index contributed by atoms with van der Waals surface area (Å²) in [4.78, 5) is 0. The summed E-state index contributed by atoms with van der Waals surface area (Å²) in [5.41, 5.74) is -14.4.